The second-order valence-corrected chi connectivity index (χ2v) is 7.71. The highest BCUT2D eigenvalue weighted by molar-refractivity contribution is 14.0. The van der Waals surface area contributed by atoms with E-state index in [4.69, 9.17) is 5.73 Å². The van der Waals surface area contributed by atoms with E-state index in [2.05, 4.69) is 19.8 Å². The molecule has 27 heavy (non-hydrogen) atoms. The number of aliphatic imine (C=N–C) groups is 1. The van der Waals surface area contributed by atoms with Gasteiger partial charge in [-0.3, -0.25) is 4.99 Å². The summed E-state index contributed by atoms with van der Waals surface area (Å²) in [5, 5.41) is 4.12. The third kappa shape index (κ3) is 7.90. The van der Waals surface area contributed by atoms with Crippen LogP contribution in [0.1, 0.15) is 0 Å². The van der Waals surface area contributed by atoms with Crippen LogP contribution in [-0.2, 0) is 10.0 Å². The van der Waals surface area contributed by atoms with E-state index in [1.54, 1.807) is 11.4 Å². The number of nitrogens with zero attached hydrogens (tertiary/aromatic N) is 1. The predicted molar refractivity (Wildman–Crippen MR) is 108 cm³/mol. The summed E-state index contributed by atoms with van der Waals surface area (Å²) in [5.74, 6) is -0.643. The van der Waals surface area contributed by atoms with Gasteiger partial charge in [0.2, 0.25) is 10.0 Å². The maximum Gasteiger partial charge on any atom is 0.573 e. The summed E-state index contributed by atoms with van der Waals surface area (Å²) in [4.78, 5) is 3.86. The van der Waals surface area contributed by atoms with E-state index < -0.39 is 22.1 Å². The van der Waals surface area contributed by atoms with Gasteiger partial charge in [-0.1, -0.05) is 18.2 Å². The highest BCUT2D eigenvalue weighted by Crippen LogP contribution is 2.29. The largest absolute Gasteiger partial charge is 0.573 e. The zero-order valence-electron chi connectivity index (χ0n) is 13.6. The molecule has 0 aliphatic rings. The van der Waals surface area contributed by atoms with E-state index in [-0.39, 0.29) is 52.9 Å². The smallest absolute Gasteiger partial charge is 0.404 e. The molecule has 1 aromatic heterocycles. The van der Waals surface area contributed by atoms with E-state index >= 15 is 0 Å². The zero-order chi connectivity index (χ0) is 19.2. The Hall–Kier alpha value is -1.58. The first kappa shape index (κ1) is 23.5. The van der Waals surface area contributed by atoms with Crippen molar-refractivity contribution in [3.05, 3.63) is 41.8 Å². The van der Waals surface area contributed by atoms with Gasteiger partial charge in [-0.25, -0.2) is 13.1 Å². The van der Waals surface area contributed by atoms with Crippen molar-refractivity contribution in [1.82, 2.24) is 4.72 Å². The fraction of sp³-hybridized carbons (Fsp3) is 0.214. The molecule has 0 saturated heterocycles. The van der Waals surface area contributed by atoms with Gasteiger partial charge in [0.1, 0.15) is 4.21 Å². The van der Waals surface area contributed by atoms with E-state index in [1.165, 1.54) is 24.3 Å². The fourth-order valence-corrected chi connectivity index (χ4v) is 3.86. The molecule has 0 aliphatic heterocycles. The van der Waals surface area contributed by atoms with E-state index in [0.29, 0.717) is 0 Å². The van der Waals surface area contributed by atoms with Crippen LogP contribution in [0.3, 0.4) is 0 Å². The monoisotopic (exact) mass is 536 g/mol. The minimum atomic E-state index is -4.84. The molecule has 2 rings (SSSR count). The summed E-state index contributed by atoms with van der Waals surface area (Å²) in [6.07, 6.45) is -4.84. The van der Waals surface area contributed by atoms with Crippen molar-refractivity contribution in [2.24, 2.45) is 10.7 Å². The van der Waals surface area contributed by atoms with Gasteiger partial charge < -0.3 is 15.8 Å². The van der Waals surface area contributed by atoms with Crippen molar-refractivity contribution in [3.8, 4) is 5.75 Å². The van der Waals surface area contributed by atoms with Crippen molar-refractivity contribution in [2.45, 2.75) is 10.6 Å². The summed E-state index contributed by atoms with van der Waals surface area (Å²) in [6.45, 7) is -0.0327. The molecule has 0 aliphatic carbocycles. The van der Waals surface area contributed by atoms with Gasteiger partial charge in [-0.2, -0.15) is 0 Å². The zero-order valence-corrected chi connectivity index (χ0v) is 17.5. The molecule has 0 fully saturated rings. The van der Waals surface area contributed by atoms with Crippen LogP contribution in [0.4, 0.5) is 18.9 Å². The van der Waals surface area contributed by atoms with Gasteiger partial charge in [0, 0.05) is 6.54 Å². The van der Waals surface area contributed by atoms with Crippen molar-refractivity contribution in [2.75, 3.05) is 18.4 Å². The fourth-order valence-electron chi connectivity index (χ4n) is 1.80. The van der Waals surface area contributed by atoms with Crippen LogP contribution in [0, 0.1) is 0 Å². The summed E-state index contributed by atoms with van der Waals surface area (Å²) in [5.41, 5.74) is 5.59. The number of guanidine groups is 1. The van der Waals surface area contributed by atoms with Crippen molar-refractivity contribution in [1.29, 1.82) is 0 Å². The third-order valence-electron chi connectivity index (χ3n) is 2.82. The van der Waals surface area contributed by atoms with Gasteiger partial charge in [-0.15, -0.1) is 48.5 Å². The minimum absolute atomic E-state index is 0. The first-order valence-electron chi connectivity index (χ1n) is 7.12. The molecule has 0 amide bonds. The maximum absolute atomic E-state index is 12.4. The number of nitrogens with one attached hydrogen (secondary N) is 2. The second-order valence-electron chi connectivity index (χ2n) is 4.77. The quantitative estimate of drug-likeness (QED) is 0.219. The average Bonchev–Trinajstić information content (AvgIpc) is 3.07. The molecular weight excluding hydrogens is 520 g/mol. The standard InChI is InChI=1S/C14H15F3N4O3S2.HI/c15-14(16,17)24-11-5-2-1-4-10(11)21-13(18)19-7-8-20-26(22,23)12-6-3-9-25-12;/h1-6,9,20H,7-8H2,(H3,18,19,21);1H. The number of nitrogens with two attached hydrogens (primary N) is 1. The molecule has 0 spiro atoms. The molecule has 0 radical (unpaired) electrons. The maximum atomic E-state index is 12.4. The van der Waals surface area contributed by atoms with Crippen LogP contribution < -0.4 is 20.5 Å². The Morgan fingerprint density at radius 3 is 2.56 bits per heavy atom. The van der Waals surface area contributed by atoms with Crippen LogP contribution in [-0.4, -0.2) is 33.8 Å². The molecule has 1 heterocycles. The lowest BCUT2D eigenvalue weighted by molar-refractivity contribution is -0.274. The number of rotatable bonds is 7. The Balaban J connectivity index is 0.00000364. The van der Waals surface area contributed by atoms with Gasteiger partial charge in [0.05, 0.1) is 12.2 Å². The summed E-state index contributed by atoms with van der Waals surface area (Å²) in [7, 11) is -3.61. The molecular formula is C14H16F3IN4O3S2. The Bertz CT molecular complexity index is 859. The molecule has 13 heteroatoms. The molecule has 1 aromatic carbocycles. The Morgan fingerprint density at radius 1 is 1.22 bits per heavy atom. The number of benzene rings is 1. The van der Waals surface area contributed by atoms with Crippen molar-refractivity contribution < 1.29 is 26.3 Å². The van der Waals surface area contributed by atoms with Gasteiger partial charge >= 0.3 is 6.36 Å². The van der Waals surface area contributed by atoms with E-state index in [1.807, 2.05) is 0 Å². The number of halogens is 4. The number of anilines is 1. The third-order valence-corrected chi connectivity index (χ3v) is 5.68. The number of sulfonamides is 1. The predicted octanol–water partition coefficient (Wildman–Crippen LogP) is 2.97. The normalized spacial score (nSPS) is 12.3. The van der Waals surface area contributed by atoms with Crippen molar-refractivity contribution >= 4 is 57.0 Å². The Labute approximate surface area is 174 Å². The van der Waals surface area contributed by atoms with Crippen LogP contribution in [0.2, 0.25) is 0 Å². The molecule has 4 N–H and O–H groups in total. The molecule has 0 atom stereocenters. The number of hydrogen-bond acceptors (Lipinski definition) is 5. The van der Waals surface area contributed by atoms with Gasteiger partial charge in [0.15, 0.2) is 11.7 Å². The molecule has 2 aromatic rings. The van der Waals surface area contributed by atoms with E-state index in [9.17, 15) is 21.6 Å². The Morgan fingerprint density at radius 2 is 1.93 bits per heavy atom. The summed E-state index contributed by atoms with van der Waals surface area (Å²) >= 11 is 1.07. The topological polar surface area (TPSA) is 106 Å². The highest BCUT2D eigenvalue weighted by atomic mass is 127. The van der Waals surface area contributed by atoms with Crippen LogP contribution in [0.15, 0.2) is 51.0 Å². The lowest BCUT2D eigenvalue weighted by Gasteiger charge is -2.14. The van der Waals surface area contributed by atoms with Gasteiger partial charge in [-0.05, 0) is 23.6 Å². The van der Waals surface area contributed by atoms with Gasteiger partial charge in [0.25, 0.3) is 0 Å². The Kier molecular flexibility index (Phi) is 8.77. The van der Waals surface area contributed by atoms with Crippen LogP contribution in [0.5, 0.6) is 5.75 Å². The molecule has 0 unspecified atom stereocenters. The van der Waals surface area contributed by atoms with Crippen molar-refractivity contribution in [3.63, 3.8) is 0 Å². The lowest BCUT2D eigenvalue weighted by Crippen LogP contribution is -2.28. The second kappa shape index (κ2) is 10.1. The average molecular weight is 536 g/mol. The molecule has 150 valence electrons. The molecule has 7 nitrogen and oxygen atoms in total. The number of ether oxygens (including phenoxy) is 1. The number of alkyl halides is 3. The molecule has 0 bridgehead atoms. The molecule has 0 saturated carbocycles. The van der Waals surface area contributed by atoms with Crippen LogP contribution >= 0.6 is 35.3 Å². The SMILES string of the molecule is I.NC(=NCCNS(=O)(=O)c1cccs1)Nc1ccccc1OC(F)(F)F. The van der Waals surface area contributed by atoms with Crippen LogP contribution in [0.25, 0.3) is 0 Å². The lowest BCUT2D eigenvalue weighted by atomic mass is 10.3. The first-order valence-corrected chi connectivity index (χ1v) is 9.48. The summed E-state index contributed by atoms with van der Waals surface area (Å²) < 4.78 is 67.2. The van der Waals surface area contributed by atoms with E-state index in [0.717, 1.165) is 17.4 Å². The number of hydrogen-bond donors (Lipinski definition) is 3. The number of para-hydroxylation sites is 2. The highest BCUT2D eigenvalue weighted by Gasteiger charge is 2.32. The minimum Gasteiger partial charge on any atom is -0.404 e. The first-order chi connectivity index (χ1) is 12.2. The number of thiophene rings is 1. The summed E-state index contributed by atoms with van der Waals surface area (Å²) in [6, 6.07) is 8.40.